The van der Waals surface area contributed by atoms with E-state index in [1.165, 1.54) is 11.3 Å². The second-order valence-corrected chi connectivity index (χ2v) is 5.62. The topological polar surface area (TPSA) is 58.6 Å². The molecule has 100 valence electrons. The van der Waals surface area contributed by atoms with Crippen LogP contribution in [0.3, 0.4) is 0 Å². The molecular weight excluding hydrogens is 250 g/mol. The number of carbonyl (C=O) groups is 1. The van der Waals surface area contributed by atoms with E-state index in [1.54, 1.807) is 7.11 Å². The van der Waals surface area contributed by atoms with Gasteiger partial charge in [-0.05, 0) is 43.2 Å². The first-order chi connectivity index (χ1) is 8.63. The van der Waals surface area contributed by atoms with E-state index in [1.807, 2.05) is 18.4 Å². The Labute approximate surface area is 111 Å². The predicted molar refractivity (Wildman–Crippen MR) is 71.0 cm³/mol. The molecule has 1 heterocycles. The average molecular weight is 269 g/mol. The van der Waals surface area contributed by atoms with Crippen molar-refractivity contribution in [1.82, 2.24) is 5.32 Å². The number of nitrogens with one attached hydrogen (secondary N) is 1. The van der Waals surface area contributed by atoms with Crippen molar-refractivity contribution in [1.29, 1.82) is 0 Å². The average Bonchev–Trinajstić information content (AvgIpc) is 2.78. The number of amides is 1. The van der Waals surface area contributed by atoms with Gasteiger partial charge in [-0.15, -0.1) is 11.3 Å². The minimum absolute atomic E-state index is 0.0942. The van der Waals surface area contributed by atoms with Crippen molar-refractivity contribution in [2.45, 2.75) is 44.4 Å². The third-order valence-corrected chi connectivity index (χ3v) is 4.50. The van der Waals surface area contributed by atoms with Crippen molar-refractivity contribution in [3.05, 3.63) is 21.9 Å². The summed E-state index contributed by atoms with van der Waals surface area (Å²) in [7, 11) is 1.60. The molecule has 1 fully saturated rings. The summed E-state index contributed by atoms with van der Waals surface area (Å²) in [4.78, 5) is 12.8. The van der Waals surface area contributed by atoms with Gasteiger partial charge >= 0.3 is 0 Å². The van der Waals surface area contributed by atoms with Crippen LogP contribution in [0.15, 0.2) is 11.4 Å². The van der Waals surface area contributed by atoms with Gasteiger partial charge in [-0.1, -0.05) is 0 Å². The molecule has 0 bridgehead atoms. The van der Waals surface area contributed by atoms with Gasteiger partial charge in [0.1, 0.15) is 6.10 Å². The number of carbonyl (C=O) groups excluding carboxylic acids is 1. The summed E-state index contributed by atoms with van der Waals surface area (Å²) in [6, 6.07) is 1.71. The fourth-order valence-corrected chi connectivity index (χ4v) is 3.22. The van der Waals surface area contributed by atoms with E-state index < -0.39 is 6.10 Å². The van der Waals surface area contributed by atoms with Gasteiger partial charge in [0.15, 0.2) is 0 Å². The molecule has 5 heteroatoms. The zero-order chi connectivity index (χ0) is 13.1. The molecule has 2 rings (SSSR count). The van der Waals surface area contributed by atoms with E-state index in [-0.39, 0.29) is 18.1 Å². The molecule has 2 N–H and O–H groups in total. The fourth-order valence-electron chi connectivity index (χ4n) is 2.39. The van der Waals surface area contributed by atoms with Gasteiger partial charge in [0.2, 0.25) is 0 Å². The molecule has 1 aromatic heterocycles. The number of aryl methyl sites for hydroxylation is 1. The van der Waals surface area contributed by atoms with E-state index in [9.17, 15) is 9.90 Å². The van der Waals surface area contributed by atoms with Crippen molar-refractivity contribution in [2.24, 2.45) is 0 Å². The standard InChI is InChI=1S/C13H19NO3S/c1-8-6-7-18-12(8)13(16)14-9-4-3-5-10(17-2)11(9)15/h6-7,9-11,15H,3-5H2,1-2H3,(H,14,16)/t9-,10-,11-/m1/s1. The van der Waals surface area contributed by atoms with E-state index in [0.29, 0.717) is 0 Å². The molecule has 0 aromatic carbocycles. The van der Waals surface area contributed by atoms with Gasteiger partial charge in [0.25, 0.3) is 5.91 Å². The summed E-state index contributed by atoms with van der Waals surface area (Å²) in [6.07, 6.45) is 1.82. The van der Waals surface area contributed by atoms with Crippen molar-refractivity contribution in [3.8, 4) is 0 Å². The first-order valence-corrected chi connectivity index (χ1v) is 7.07. The van der Waals surface area contributed by atoms with Crippen LogP contribution in [-0.2, 0) is 4.74 Å². The van der Waals surface area contributed by atoms with Crippen LogP contribution in [0.1, 0.15) is 34.5 Å². The molecule has 0 radical (unpaired) electrons. The lowest BCUT2D eigenvalue weighted by molar-refractivity contribution is -0.0513. The molecule has 1 aliphatic rings. The van der Waals surface area contributed by atoms with Crippen molar-refractivity contribution in [3.63, 3.8) is 0 Å². The summed E-state index contributed by atoms with van der Waals surface area (Å²) in [5, 5.41) is 14.9. The minimum atomic E-state index is -0.618. The number of aliphatic hydroxyl groups excluding tert-OH is 1. The number of rotatable bonds is 3. The maximum absolute atomic E-state index is 12.1. The van der Waals surface area contributed by atoms with Crippen LogP contribution in [0.5, 0.6) is 0 Å². The Morgan fingerprint density at radius 3 is 2.94 bits per heavy atom. The second-order valence-electron chi connectivity index (χ2n) is 4.71. The maximum atomic E-state index is 12.1. The van der Waals surface area contributed by atoms with Crippen LogP contribution >= 0.6 is 11.3 Å². The van der Waals surface area contributed by atoms with Crippen molar-refractivity contribution >= 4 is 17.2 Å². The molecule has 0 saturated heterocycles. The van der Waals surface area contributed by atoms with Gasteiger partial charge in [-0.25, -0.2) is 0 Å². The van der Waals surface area contributed by atoms with Crippen molar-refractivity contribution < 1.29 is 14.6 Å². The highest BCUT2D eigenvalue weighted by atomic mass is 32.1. The minimum Gasteiger partial charge on any atom is -0.388 e. The molecule has 3 atom stereocenters. The summed E-state index contributed by atoms with van der Waals surface area (Å²) in [5.41, 5.74) is 0.978. The summed E-state index contributed by atoms with van der Waals surface area (Å²) < 4.78 is 5.23. The molecule has 4 nitrogen and oxygen atoms in total. The van der Waals surface area contributed by atoms with E-state index in [0.717, 1.165) is 29.7 Å². The van der Waals surface area contributed by atoms with Gasteiger partial charge in [-0.3, -0.25) is 4.79 Å². The highest BCUT2D eigenvalue weighted by Gasteiger charge is 2.33. The second kappa shape index (κ2) is 5.82. The monoisotopic (exact) mass is 269 g/mol. The summed E-state index contributed by atoms with van der Waals surface area (Å²) in [5.74, 6) is -0.0942. The highest BCUT2D eigenvalue weighted by molar-refractivity contribution is 7.12. The van der Waals surface area contributed by atoms with E-state index in [2.05, 4.69) is 5.32 Å². The Hall–Kier alpha value is -0.910. The zero-order valence-corrected chi connectivity index (χ0v) is 11.5. The molecule has 1 amide bonds. The Bertz CT molecular complexity index is 418. The van der Waals surface area contributed by atoms with E-state index >= 15 is 0 Å². The molecule has 1 aliphatic carbocycles. The Kier molecular flexibility index (Phi) is 4.37. The third kappa shape index (κ3) is 2.74. The van der Waals surface area contributed by atoms with Gasteiger partial charge in [-0.2, -0.15) is 0 Å². The van der Waals surface area contributed by atoms with Crippen LogP contribution in [0.25, 0.3) is 0 Å². The number of hydrogen-bond acceptors (Lipinski definition) is 4. The number of thiophene rings is 1. The number of aliphatic hydroxyl groups is 1. The van der Waals surface area contributed by atoms with Crippen LogP contribution < -0.4 is 5.32 Å². The van der Waals surface area contributed by atoms with Gasteiger partial charge in [0.05, 0.1) is 17.0 Å². The summed E-state index contributed by atoms with van der Waals surface area (Å²) in [6.45, 7) is 1.92. The Morgan fingerprint density at radius 2 is 2.33 bits per heavy atom. The molecule has 1 aromatic rings. The number of ether oxygens (including phenoxy) is 1. The molecule has 1 saturated carbocycles. The third-order valence-electron chi connectivity index (χ3n) is 3.48. The van der Waals surface area contributed by atoms with Crippen LogP contribution in [0.2, 0.25) is 0 Å². The van der Waals surface area contributed by atoms with Gasteiger partial charge in [0, 0.05) is 7.11 Å². The lowest BCUT2D eigenvalue weighted by atomic mass is 9.90. The SMILES string of the molecule is CO[C@@H]1CCC[C@@H](NC(=O)c2sccc2C)[C@H]1O. The van der Waals surface area contributed by atoms with Crippen LogP contribution in [0, 0.1) is 6.92 Å². The quantitative estimate of drug-likeness (QED) is 0.878. The van der Waals surface area contributed by atoms with Crippen LogP contribution in [-0.4, -0.2) is 36.4 Å². The lowest BCUT2D eigenvalue weighted by Gasteiger charge is -2.34. The number of methoxy groups -OCH3 is 1. The van der Waals surface area contributed by atoms with E-state index in [4.69, 9.17) is 4.74 Å². The van der Waals surface area contributed by atoms with Crippen molar-refractivity contribution in [2.75, 3.05) is 7.11 Å². The normalized spacial score (nSPS) is 28.1. The first-order valence-electron chi connectivity index (χ1n) is 6.19. The summed E-state index contributed by atoms with van der Waals surface area (Å²) >= 11 is 1.43. The first kappa shape index (κ1) is 13.5. The Balaban J connectivity index is 2.01. The molecular formula is C13H19NO3S. The largest absolute Gasteiger partial charge is 0.388 e. The zero-order valence-electron chi connectivity index (χ0n) is 10.7. The maximum Gasteiger partial charge on any atom is 0.261 e. The smallest absolute Gasteiger partial charge is 0.261 e. The molecule has 18 heavy (non-hydrogen) atoms. The highest BCUT2D eigenvalue weighted by Crippen LogP contribution is 2.23. The molecule has 0 spiro atoms. The lowest BCUT2D eigenvalue weighted by Crippen LogP contribution is -2.51. The Morgan fingerprint density at radius 1 is 1.56 bits per heavy atom. The fraction of sp³-hybridized carbons (Fsp3) is 0.615. The van der Waals surface area contributed by atoms with Gasteiger partial charge < -0.3 is 15.2 Å². The number of hydrogen-bond donors (Lipinski definition) is 2. The van der Waals surface area contributed by atoms with Crippen LogP contribution in [0.4, 0.5) is 0 Å². The molecule has 0 aliphatic heterocycles. The molecule has 0 unspecified atom stereocenters. The predicted octanol–water partition coefficient (Wildman–Crippen LogP) is 1.71.